The molecule has 2 rings (SSSR count). The molecule has 94 valence electrons. The van der Waals surface area contributed by atoms with E-state index in [1.54, 1.807) is 0 Å². The smallest absolute Gasteiger partial charge is 0.0698 e. The van der Waals surface area contributed by atoms with Crippen LogP contribution in [0.5, 0.6) is 0 Å². The molecule has 2 atom stereocenters. The van der Waals surface area contributed by atoms with Crippen LogP contribution in [-0.4, -0.2) is 62.7 Å². The number of aliphatic hydroxyl groups excluding tert-OH is 1. The first-order valence-corrected chi connectivity index (χ1v) is 6.39. The van der Waals surface area contributed by atoms with E-state index in [1.807, 2.05) is 0 Å². The van der Waals surface area contributed by atoms with Gasteiger partial charge in [0.2, 0.25) is 0 Å². The third-order valence-corrected chi connectivity index (χ3v) is 3.73. The molecule has 2 aliphatic rings. The fraction of sp³-hybridized carbons (Fsp3) is 1.00. The topological polar surface area (TPSA) is 41.9 Å². The quantitative estimate of drug-likeness (QED) is 0.668. The van der Waals surface area contributed by atoms with Crippen molar-refractivity contribution in [2.24, 2.45) is 11.8 Å². The predicted molar refractivity (Wildman–Crippen MR) is 61.4 cm³/mol. The second-order valence-electron chi connectivity index (χ2n) is 4.81. The summed E-state index contributed by atoms with van der Waals surface area (Å²) in [6.45, 7) is 6.68. The molecule has 2 saturated heterocycles. The van der Waals surface area contributed by atoms with Gasteiger partial charge in [-0.1, -0.05) is 0 Å². The third kappa shape index (κ3) is 3.42. The Balaban J connectivity index is 1.59. The molecule has 0 aromatic heterocycles. The van der Waals surface area contributed by atoms with Gasteiger partial charge in [0.05, 0.1) is 19.8 Å². The van der Waals surface area contributed by atoms with Gasteiger partial charge in [-0.2, -0.15) is 0 Å². The molecular weight excluding hydrogens is 206 g/mol. The highest BCUT2D eigenvalue weighted by Crippen LogP contribution is 2.29. The summed E-state index contributed by atoms with van der Waals surface area (Å²) < 4.78 is 10.7. The van der Waals surface area contributed by atoms with Gasteiger partial charge < -0.3 is 19.5 Å². The normalized spacial score (nSPS) is 31.3. The van der Waals surface area contributed by atoms with Crippen LogP contribution in [0, 0.1) is 11.8 Å². The summed E-state index contributed by atoms with van der Waals surface area (Å²) in [5.74, 6) is 1.63. The van der Waals surface area contributed by atoms with E-state index in [1.165, 1.54) is 25.9 Å². The Kier molecular flexibility index (Phi) is 5.03. The van der Waals surface area contributed by atoms with Crippen molar-refractivity contribution in [2.45, 2.75) is 12.8 Å². The molecule has 0 aromatic rings. The van der Waals surface area contributed by atoms with E-state index in [0.29, 0.717) is 6.61 Å². The minimum absolute atomic E-state index is 0.127. The molecule has 0 radical (unpaired) electrons. The van der Waals surface area contributed by atoms with E-state index in [2.05, 4.69) is 4.90 Å². The highest BCUT2D eigenvalue weighted by Gasteiger charge is 2.31. The average molecular weight is 229 g/mol. The minimum atomic E-state index is 0.127. The van der Waals surface area contributed by atoms with Crippen LogP contribution in [-0.2, 0) is 9.47 Å². The summed E-state index contributed by atoms with van der Waals surface area (Å²) in [5.41, 5.74) is 0. The zero-order valence-electron chi connectivity index (χ0n) is 9.94. The highest BCUT2D eigenvalue weighted by atomic mass is 16.5. The molecule has 4 heteroatoms. The van der Waals surface area contributed by atoms with Crippen LogP contribution in [0.4, 0.5) is 0 Å². The first-order valence-electron chi connectivity index (χ1n) is 6.39. The van der Waals surface area contributed by atoms with Crippen molar-refractivity contribution in [3.05, 3.63) is 0 Å². The summed E-state index contributed by atoms with van der Waals surface area (Å²) in [7, 11) is 0. The van der Waals surface area contributed by atoms with Crippen LogP contribution >= 0.6 is 0 Å². The Morgan fingerprint density at radius 3 is 2.94 bits per heavy atom. The average Bonchev–Trinajstić information content (AvgIpc) is 2.94. The zero-order valence-corrected chi connectivity index (χ0v) is 9.94. The van der Waals surface area contributed by atoms with E-state index >= 15 is 0 Å². The van der Waals surface area contributed by atoms with Gasteiger partial charge in [0.15, 0.2) is 0 Å². The van der Waals surface area contributed by atoms with E-state index in [4.69, 9.17) is 14.6 Å². The van der Waals surface area contributed by atoms with Crippen LogP contribution < -0.4 is 0 Å². The van der Waals surface area contributed by atoms with E-state index < -0.39 is 0 Å². The van der Waals surface area contributed by atoms with Gasteiger partial charge in [-0.15, -0.1) is 0 Å². The van der Waals surface area contributed by atoms with Crippen molar-refractivity contribution >= 4 is 0 Å². The van der Waals surface area contributed by atoms with Crippen LogP contribution in [0.2, 0.25) is 0 Å². The summed E-state index contributed by atoms with van der Waals surface area (Å²) in [6.07, 6.45) is 2.56. The van der Waals surface area contributed by atoms with E-state index in [-0.39, 0.29) is 6.61 Å². The molecule has 0 amide bonds. The molecular formula is C12H23NO3. The maximum Gasteiger partial charge on any atom is 0.0698 e. The van der Waals surface area contributed by atoms with Gasteiger partial charge in [-0.25, -0.2) is 0 Å². The van der Waals surface area contributed by atoms with Gasteiger partial charge in [0, 0.05) is 26.3 Å². The lowest BCUT2D eigenvalue weighted by Crippen LogP contribution is -2.27. The van der Waals surface area contributed by atoms with Crippen molar-refractivity contribution in [3.63, 3.8) is 0 Å². The largest absolute Gasteiger partial charge is 0.394 e. The molecule has 0 aromatic carbocycles. The molecule has 4 nitrogen and oxygen atoms in total. The van der Waals surface area contributed by atoms with Crippen LogP contribution in [0.25, 0.3) is 0 Å². The van der Waals surface area contributed by atoms with Gasteiger partial charge in [0.25, 0.3) is 0 Å². The number of ether oxygens (including phenoxy) is 2. The van der Waals surface area contributed by atoms with Crippen LogP contribution in [0.3, 0.4) is 0 Å². The maximum atomic E-state index is 8.59. The lowest BCUT2D eigenvalue weighted by molar-refractivity contribution is 0.0767. The number of hydrogen-bond donors (Lipinski definition) is 1. The Hall–Kier alpha value is -0.160. The predicted octanol–water partition coefficient (Wildman–Crippen LogP) is 0.354. The van der Waals surface area contributed by atoms with E-state index in [9.17, 15) is 0 Å². The van der Waals surface area contributed by atoms with Crippen molar-refractivity contribution < 1.29 is 14.6 Å². The molecule has 2 heterocycles. The number of nitrogens with zero attached hydrogens (tertiary/aromatic N) is 1. The zero-order chi connectivity index (χ0) is 11.2. The van der Waals surface area contributed by atoms with Crippen molar-refractivity contribution in [2.75, 3.05) is 52.7 Å². The summed E-state index contributed by atoms with van der Waals surface area (Å²) in [4.78, 5) is 2.47. The SMILES string of the molecule is OCCOCCN1CC[C@H]([C@H]2CCOC2)C1. The molecule has 0 unspecified atom stereocenters. The molecule has 0 aliphatic carbocycles. The Morgan fingerprint density at radius 1 is 1.25 bits per heavy atom. The molecule has 16 heavy (non-hydrogen) atoms. The van der Waals surface area contributed by atoms with Gasteiger partial charge in [0.1, 0.15) is 0 Å². The highest BCUT2D eigenvalue weighted by molar-refractivity contribution is 4.82. The van der Waals surface area contributed by atoms with E-state index in [0.717, 1.165) is 38.2 Å². The molecule has 2 aliphatic heterocycles. The summed E-state index contributed by atoms with van der Waals surface area (Å²) in [5, 5.41) is 8.59. The van der Waals surface area contributed by atoms with Crippen molar-refractivity contribution in [1.82, 2.24) is 4.90 Å². The van der Waals surface area contributed by atoms with Gasteiger partial charge in [-0.05, 0) is 31.2 Å². The Morgan fingerprint density at radius 2 is 2.19 bits per heavy atom. The minimum Gasteiger partial charge on any atom is -0.394 e. The number of rotatable bonds is 6. The summed E-state index contributed by atoms with van der Waals surface area (Å²) >= 11 is 0. The Bertz CT molecular complexity index is 195. The standard InChI is InChI=1S/C12H23NO3/c14-5-8-15-7-4-13-3-1-11(9-13)12-2-6-16-10-12/h11-12,14H,1-10H2/t11-,12-/m0/s1. The first kappa shape index (κ1) is 12.3. The second kappa shape index (κ2) is 6.55. The second-order valence-corrected chi connectivity index (χ2v) is 4.81. The summed E-state index contributed by atoms with van der Waals surface area (Å²) in [6, 6.07) is 0. The fourth-order valence-electron chi connectivity index (χ4n) is 2.74. The number of aliphatic hydroxyl groups is 1. The molecule has 1 N–H and O–H groups in total. The molecule has 0 spiro atoms. The lowest BCUT2D eigenvalue weighted by Gasteiger charge is -2.18. The number of hydrogen-bond acceptors (Lipinski definition) is 4. The molecule has 0 saturated carbocycles. The Labute approximate surface area is 97.5 Å². The third-order valence-electron chi connectivity index (χ3n) is 3.73. The molecule has 0 bridgehead atoms. The van der Waals surface area contributed by atoms with Crippen molar-refractivity contribution in [3.8, 4) is 0 Å². The number of likely N-dealkylation sites (tertiary alicyclic amines) is 1. The van der Waals surface area contributed by atoms with Crippen LogP contribution in [0.1, 0.15) is 12.8 Å². The molecule has 2 fully saturated rings. The van der Waals surface area contributed by atoms with Crippen LogP contribution in [0.15, 0.2) is 0 Å². The first-order chi connectivity index (χ1) is 7.90. The van der Waals surface area contributed by atoms with Gasteiger partial charge in [-0.3, -0.25) is 0 Å². The monoisotopic (exact) mass is 229 g/mol. The van der Waals surface area contributed by atoms with Crippen molar-refractivity contribution in [1.29, 1.82) is 0 Å². The lowest BCUT2D eigenvalue weighted by atomic mass is 9.91. The van der Waals surface area contributed by atoms with Gasteiger partial charge >= 0.3 is 0 Å². The maximum absolute atomic E-state index is 8.59. The fourth-order valence-corrected chi connectivity index (χ4v) is 2.74.